The van der Waals surface area contributed by atoms with Gasteiger partial charge in [-0.1, -0.05) is 38.1 Å². The monoisotopic (exact) mass is 384 g/mol. The lowest BCUT2D eigenvalue weighted by atomic mass is 10.0. The molecule has 3 heterocycles. The van der Waals surface area contributed by atoms with Crippen molar-refractivity contribution in [2.75, 3.05) is 26.2 Å². The molecule has 1 atom stereocenters. The molecular weight excluding hydrogens is 356 g/mol. The molecule has 27 heavy (non-hydrogen) atoms. The minimum absolute atomic E-state index is 0.331. The first-order valence-electron chi connectivity index (χ1n) is 9.75. The van der Waals surface area contributed by atoms with E-state index in [9.17, 15) is 0 Å². The molecule has 0 spiro atoms. The zero-order valence-electron chi connectivity index (χ0n) is 16.0. The Balaban J connectivity index is 1.49. The second-order valence-electron chi connectivity index (χ2n) is 7.62. The predicted molar refractivity (Wildman–Crippen MR) is 106 cm³/mol. The maximum atomic E-state index is 4.45. The lowest BCUT2D eigenvalue weighted by Crippen LogP contribution is -3.26. The van der Waals surface area contributed by atoms with Crippen LogP contribution in [0.2, 0.25) is 0 Å². The predicted octanol–water partition coefficient (Wildman–Crippen LogP) is 0.595. The number of nitrogens with one attached hydrogen (secondary N) is 2. The Morgan fingerprint density at radius 2 is 1.81 bits per heavy atom. The van der Waals surface area contributed by atoms with E-state index in [1.807, 2.05) is 4.68 Å². The van der Waals surface area contributed by atoms with Gasteiger partial charge in [-0.3, -0.25) is 4.90 Å². The van der Waals surface area contributed by atoms with Crippen molar-refractivity contribution >= 4 is 17.0 Å². The molecule has 0 aliphatic carbocycles. The smallest absolute Gasteiger partial charge is 0.209 e. The highest BCUT2D eigenvalue weighted by Gasteiger charge is 2.36. The van der Waals surface area contributed by atoms with E-state index < -0.39 is 0 Å². The molecule has 1 aliphatic heterocycles. The van der Waals surface area contributed by atoms with Gasteiger partial charge in [0.15, 0.2) is 6.04 Å². The summed E-state index contributed by atoms with van der Waals surface area (Å²) in [4.78, 5) is 4.48. The quantitative estimate of drug-likeness (QED) is 0.654. The first-order chi connectivity index (χ1) is 13.2. The third-order valence-electron chi connectivity index (χ3n) is 5.51. The maximum Gasteiger partial charge on any atom is 0.209 e. The zero-order valence-corrected chi connectivity index (χ0v) is 16.8. The van der Waals surface area contributed by atoms with Crippen LogP contribution >= 0.6 is 11.3 Å². The van der Waals surface area contributed by atoms with Crippen molar-refractivity contribution in [1.29, 1.82) is 0 Å². The highest BCUT2D eigenvalue weighted by Crippen LogP contribution is 2.18. The summed E-state index contributed by atoms with van der Waals surface area (Å²) >= 11 is 1.76. The fraction of sp³-hybridized carbons (Fsp3) is 0.450. The fourth-order valence-corrected chi connectivity index (χ4v) is 4.88. The summed E-state index contributed by atoms with van der Waals surface area (Å²) in [5.41, 5.74) is 1.40. The van der Waals surface area contributed by atoms with Gasteiger partial charge in [-0.2, -0.15) is 0 Å². The fourth-order valence-electron chi connectivity index (χ4n) is 4.20. The molecule has 0 unspecified atom stereocenters. The van der Waals surface area contributed by atoms with Crippen molar-refractivity contribution in [1.82, 2.24) is 20.2 Å². The molecule has 2 aromatic heterocycles. The highest BCUT2D eigenvalue weighted by molar-refractivity contribution is 7.09. The summed E-state index contributed by atoms with van der Waals surface area (Å²) in [5.74, 6) is 1.52. The Kier molecular flexibility index (Phi) is 5.61. The lowest BCUT2D eigenvalue weighted by molar-refractivity contribution is -1.01. The third kappa shape index (κ3) is 4.10. The Bertz CT molecular complexity index is 821. The van der Waals surface area contributed by atoms with Gasteiger partial charge in [-0.25, -0.2) is 4.68 Å². The van der Waals surface area contributed by atoms with Crippen LogP contribution in [0.5, 0.6) is 0 Å². The van der Waals surface area contributed by atoms with E-state index in [-0.39, 0.29) is 0 Å². The van der Waals surface area contributed by atoms with Crippen molar-refractivity contribution < 1.29 is 9.80 Å². The van der Waals surface area contributed by atoms with Crippen LogP contribution in [0.15, 0.2) is 47.8 Å². The number of hydrogen-bond acceptors (Lipinski definition) is 4. The zero-order chi connectivity index (χ0) is 18.6. The first kappa shape index (κ1) is 18.3. The van der Waals surface area contributed by atoms with Crippen LogP contribution in [0.25, 0.3) is 0 Å². The van der Waals surface area contributed by atoms with Gasteiger partial charge in [0.2, 0.25) is 5.82 Å². The Labute approximate surface area is 164 Å². The first-order valence-corrected chi connectivity index (χ1v) is 10.6. The summed E-state index contributed by atoms with van der Waals surface area (Å²) in [7, 11) is 0. The van der Waals surface area contributed by atoms with Crippen molar-refractivity contribution in [3.8, 4) is 0 Å². The minimum atomic E-state index is 0.331. The largest absolute Gasteiger partial charge is 0.317 e. The number of nitrogens with zero attached hydrogens (tertiary/aromatic N) is 4. The summed E-state index contributed by atoms with van der Waals surface area (Å²) in [6, 6.07) is 15.4. The average Bonchev–Trinajstić information content (AvgIpc) is 3.36. The number of thiophene rings is 1. The van der Waals surface area contributed by atoms with Gasteiger partial charge in [-0.15, -0.1) is 16.4 Å². The van der Waals surface area contributed by atoms with Crippen LogP contribution in [0.3, 0.4) is 0 Å². The number of tetrazole rings is 1. The molecule has 0 saturated carbocycles. The van der Waals surface area contributed by atoms with Crippen LogP contribution in [0.1, 0.15) is 30.6 Å². The van der Waals surface area contributed by atoms with E-state index in [2.05, 4.69) is 77.2 Å². The molecule has 142 valence electrons. The second kappa shape index (κ2) is 8.29. The van der Waals surface area contributed by atoms with E-state index in [4.69, 9.17) is 0 Å². The molecule has 0 radical (unpaired) electrons. The molecular formula is C20H28N6S+2. The van der Waals surface area contributed by atoms with E-state index in [0.717, 1.165) is 38.5 Å². The lowest BCUT2D eigenvalue weighted by Gasteiger charge is -2.35. The normalized spacial score (nSPS) is 21.4. The van der Waals surface area contributed by atoms with Crippen molar-refractivity contribution in [3.05, 3.63) is 58.5 Å². The van der Waals surface area contributed by atoms with Gasteiger partial charge >= 0.3 is 0 Å². The molecule has 1 fully saturated rings. The van der Waals surface area contributed by atoms with Crippen molar-refractivity contribution in [2.24, 2.45) is 5.92 Å². The Morgan fingerprint density at radius 3 is 2.48 bits per heavy atom. The highest BCUT2D eigenvalue weighted by atomic mass is 32.1. The third-order valence-corrected chi connectivity index (χ3v) is 6.37. The molecule has 6 nitrogen and oxygen atoms in total. The van der Waals surface area contributed by atoms with Crippen molar-refractivity contribution in [2.45, 2.75) is 26.4 Å². The van der Waals surface area contributed by atoms with Crippen molar-refractivity contribution in [3.63, 3.8) is 0 Å². The van der Waals surface area contributed by atoms with E-state index >= 15 is 0 Å². The molecule has 4 rings (SSSR count). The second-order valence-corrected chi connectivity index (χ2v) is 8.66. The average molecular weight is 385 g/mol. The van der Waals surface area contributed by atoms with Gasteiger partial charge < -0.3 is 4.90 Å². The van der Waals surface area contributed by atoms with E-state index in [1.54, 1.807) is 21.1 Å². The summed E-state index contributed by atoms with van der Waals surface area (Å²) in [6.45, 7) is 9.91. The van der Waals surface area contributed by atoms with Gasteiger partial charge in [0, 0.05) is 10.8 Å². The number of benzene rings is 1. The minimum Gasteiger partial charge on any atom is -0.317 e. The van der Waals surface area contributed by atoms with Gasteiger partial charge in [0.25, 0.3) is 0 Å². The van der Waals surface area contributed by atoms with Crippen LogP contribution in [-0.2, 0) is 6.54 Å². The molecule has 7 heteroatoms. The maximum absolute atomic E-state index is 4.45. The summed E-state index contributed by atoms with van der Waals surface area (Å²) in [5, 5.41) is 14.9. The number of rotatable bonds is 6. The van der Waals surface area contributed by atoms with Crippen LogP contribution in [0, 0.1) is 5.92 Å². The Hall–Kier alpha value is -2.09. The summed E-state index contributed by atoms with van der Waals surface area (Å²) < 4.78 is 2.00. The number of para-hydroxylation sites is 1. The molecule has 1 aliphatic rings. The molecule has 1 saturated heterocycles. The van der Waals surface area contributed by atoms with Gasteiger partial charge in [0.05, 0.1) is 6.54 Å². The van der Waals surface area contributed by atoms with Gasteiger partial charge in [0.1, 0.15) is 31.9 Å². The summed E-state index contributed by atoms with van der Waals surface area (Å²) in [6.07, 6.45) is 0. The SMILES string of the molecule is CC(C)[C@@H](c1nnnn1Cc1cccs1)[NH+]1CC[NH+](c2ccccc2)CC1. The standard InChI is InChI=1S/C20H26N6S/c1-16(2)19(20-21-22-23-26(20)15-18-9-6-14-27-18)25-12-10-24(11-13-25)17-7-4-3-5-8-17/h3-9,14,16,19H,10-13,15H2,1-2H3/p+2/t19-/m0/s1. The number of piperazine rings is 1. The Morgan fingerprint density at radius 1 is 1.04 bits per heavy atom. The number of quaternary nitrogens is 2. The molecule has 1 aromatic carbocycles. The topological polar surface area (TPSA) is 52.5 Å². The number of aromatic nitrogens is 4. The van der Waals surface area contributed by atoms with E-state index in [1.165, 1.54) is 10.6 Å². The molecule has 2 N–H and O–H groups in total. The van der Waals surface area contributed by atoms with Crippen LogP contribution < -0.4 is 9.80 Å². The number of hydrogen-bond donors (Lipinski definition) is 2. The van der Waals surface area contributed by atoms with E-state index in [0.29, 0.717) is 12.0 Å². The van der Waals surface area contributed by atoms with Crippen LogP contribution in [-0.4, -0.2) is 46.4 Å². The van der Waals surface area contributed by atoms with Crippen LogP contribution in [0.4, 0.5) is 5.69 Å². The molecule has 0 bridgehead atoms. The van der Waals surface area contributed by atoms with Gasteiger partial charge in [-0.05, 0) is 34.0 Å². The molecule has 0 amide bonds. The molecule has 3 aromatic rings.